The minimum absolute atomic E-state index is 0.130. The molecule has 4 aromatic rings. The molecule has 1 atom stereocenters. The molecule has 1 amide bonds. The lowest BCUT2D eigenvalue weighted by atomic mass is 10.1. The molecule has 0 saturated heterocycles. The van der Waals surface area contributed by atoms with Crippen LogP contribution in [0, 0.1) is 5.82 Å². The Balaban J connectivity index is 1.32. The van der Waals surface area contributed by atoms with Gasteiger partial charge in [0.15, 0.2) is 22.5 Å². The highest BCUT2D eigenvalue weighted by Gasteiger charge is 2.20. The van der Waals surface area contributed by atoms with Crippen LogP contribution in [-0.2, 0) is 4.79 Å². The summed E-state index contributed by atoms with van der Waals surface area (Å²) in [5.41, 5.74) is 2.41. The number of thioether (sulfide) groups is 1. The number of carbonyl (C=O) groups is 1. The van der Waals surface area contributed by atoms with Gasteiger partial charge in [-0.15, -0.1) is 10.2 Å². The predicted octanol–water partition coefficient (Wildman–Crippen LogP) is 4.17. The Labute approximate surface area is 199 Å². The van der Waals surface area contributed by atoms with Gasteiger partial charge in [-0.1, -0.05) is 17.8 Å². The summed E-state index contributed by atoms with van der Waals surface area (Å²) in [5, 5.41) is 12.1. The number of hydrogen-bond donors (Lipinski definition) is 1. The van der Waals surface area contributed by atoms with Crippen LogP contribution >= 0.6 is 11.8 Å². The molecule has 0 unspecified atom stereocenters. The number of carbonyl (C=O) groups excluding carboxylic acids is 1. The summed E-state index contributed by atoms with van der Waals surface area (Å²) < 4.78 is 26.1. The number of aromatic nitrogens is 4. The van der Waals surface area contributed by atoms with Crippen LogP contribution in [0.4, 0.5) is 4.39 Å². The first-order chi connectivity index (χ1) is 16.6. The van der Waals surface area contributed by atoms with E-state index in [9.17, 15) is 9.18 Å². The van der Waals surface area contributed by atoms with E-state index in [-0.39, 0.29) is 30.3 Å². The fourth-order valence-electron chi connectivity index (χ4n) is 3.55. The quantitative estimate of drug-likeness (QED) is 0.400. The molecule has 34 heavy (non-hydrogen) atoms. The van der Waals surface area contributed by atoms with Crippen molar-refractivity contribution < 1.29 is 18.7 Å². The molecule has 0 spiro atoms. The van der Waals surface area contributed by atoms with Crippen LogP contribution in [0.15, 0.2) is 72.1 Å². The predicted molar refractivity (Wildman–Crippen MR) is 124 cm³/mol. The molecule has 0 saturated carbocycles. The highest BCUT2D eigenvalue weighted by Crippen LogP contribution is 2.34. The molecule has 0 bridgehead atoms. The van der Waals surface area contributed by atoms with Crippen LogP contribution in [0.5, 0.6) is 11.5 Å². The van der Waals surface area contributed by atoms with Gasteiger partial charge in [-0.25, -0.2) is 4.39 Å². The SMILES string of the molecule is C[C@H](NC(=O)CSc1nnc(-c2ccncc2)n1-c1ccc(F)cc1)c1ccc2c(c1)OCO2. The molecule has 172 valence electrons. The summed E-state index contributed by atoms with van der Waals surface area (Å²) >= 11 is 1.25. The Morgan fingerprint density at radius 2 is 1.85 bits per heavy atom. The maximum absolute atomic E-state index is 13.5. The van der Waals surface area contributed by atoms with Crippen molar-refractivity contribution >= 4 is 17.7 Å². The molecule has 10 heteroatoms. The van der Waals surface area contributed by atoms with Crippen molar-refractivity contribution in [2.45, 2.75) is 18.1 Å². The normalized spacial score (nSPS) is 13.0. The van der Waals surface area contributed by atoms with Crippen molar-refractivity contribution in [2.24, 2.45) is 0 Å². The zero-order valence-corrected chi connectivity index (χ0v) is 19.0. The first-order valence-corrected chi connectivity index (χ1v) is 11.5. The van der Waals surface area contributed by atoms with Gasteiger partial charge in [0.1, 0.15) is 5.82 Å². The second-order valence-electron chi connectivity index (χ2n) is 7.54. The highest BCUT2D eigenvalue weighted by molar-refractivity contribution is 7.99. The van der Waals surface area contributed by atoms with Crippen LogP contribution in [0.2, 0.25) is 0 Å². The van der Waals surface area contributed by atoms with Crippen LogP contribution in [0.1, 0.15) is 18.5 Å². The van der Waals surface area contributed by atoms with Crippen LogP contribution in [0.25, 0.3) is 17.1 Å². The Morgan fingerprint density at radius 3 is 2.65 bits per heavy atom. The number of nitrogens with zero attached hydrogens (tertiary/aromatic N) is 4. The molecular weight excluding hydrogens is 457 g/mol. The second-order valence-corrected chi connectivity index (χ2v) is 8.49. The van der Waals surface area contributed by atoms with Gasteiger partial charge in [0, 0.05) is 23.6 Å². The van der Waals surface area contributed by atoms with Crippen LogP contribution in [-0.4, -0.2) is 38.2 Å². The number of hydrogen-bond acceptors (Lipinski definition) is 7. The van der Waals surface area contributed by atoms with Gasteiger partial charge in [0.25, 0.3) is 0 Å². The Kier molecular flexibility index (Phi) is 6.13. The van der Waals surface area contributed by atoms with E-state index in [0.717, 1.165) is 11.1 Å². The van der Waals surface area contributed by atoms with Gasteiger partial charge in [0.2, 0.25) is 12.7 Å². The number of benzene rings is 2. The van der Waals surface area contributed by atoms with Gasteiger partial charge in [0.05, 0.1) is 11.8 Å². The Morgan fingerprint density at radius 1 is 1.09 bits per heavy atom. The van der Waals surface area contributed by atoms with E-state index in [1.54, 1.807) is 29.1 Å². The fourth-order valence-corrected chi connectivity index (χ4v) is 4.32. The number of halogens is 1. The van der Waals surface area contributed by atoms with E-state index in [1.165, 1.54) is 23.9 Å². The Bertz CT molecular complexity index is 1310. The first-order valence-electron chi connectivity index (χ1n) is 10.5. The molecule has 8 nitrogen and oxygen atoms in total. The molecule has 2 aromatic heterocycles. The van der Waals surface area contributed by atoms with Gasteiger partial charge in [-0.3, -0.25) is 14.3 Å². The zero-order chi connectivity index (χ0) is 23.5. The third kappa shape index (κ3) is 4.58. The minimum Gasteiger partial charge on any atom is -0.454 e. The number of ether oxygens (including phenoxy) is 2. The standard InChI is InChI=1S/C24H20FN5O3S/c1-15(17-2-7-20-21(12-17)33-14-32-20)27-22(31)13-34-24-29-28-23(16-8-10-26-11-9-16)30(24)19-5-3-18(25)4-6-19/h2-12,15H,13-14H2,1H3,(H,27,31)/t15-/m0/s1. The average molecular weight is 478 g/mol. The van der Waals surface area contributed by atoms with E-state index in [2.05, 4.69) is 20.5 Å². The fraction of sp³-hybridized carbons (Fsp3) is 0.167. The largest absolute Gasteiger partial charge is 0.454 e. The lowest BCUT2D eigenvalue weighted by Gasteiger charge is -2.15. The molecule has 3 heterocycles. The van der Waals surface area contributed by atoms with Crippen molar-refractivity contribution in [3.8, 4) is 28.6 Å². The molecular formula is C24H20FN5O3S. The van der Waals surface area contributed by atoms with Crippen molar-refractivity contribution in [3.63, 3.8) is 0 Å². The van der Waals surface area contributed by atoms with Gasteiger partial charge < -0.3 is 14.8 Å². The number of pyridine rings is 1. The Hall–Kier alpha value is -3.92. The van der Waals surface area contributed by atoms with E-state index >= 15 is 0 Å². The second kappa shape index (κ2) is 9.52. The summed E-state index contributed by atoms with van der Waals surface area (Å²) in [7, 11) is 0. The smallest absolute Gasteiger partial charge is 0.231 e. The third-order valence-corrected chi connectivity index (χ3v) is 6.19. The number of fused-ring (bicyclic) bond motifs is 1. The molecule has 1 aliphatic heterocycles. The number of amides is 1. The highest BCUT2D eigenvalue weighted by atomic mass is 32.2. The molecule has 5 rings (SSSR count). The van der Waals surface area contributed by atoms with Crippen molar-refractivity contribution in [2.75, 3.05) is 12.5 Å². The van der Waals surface area contributed by atoms with Gasteiger partial charge in [-0.2, -0.15) is 0 Å². The van der Waals surface area contributed by atoms with Crippen molar-refractivity contribution in [1.29, 1.82) is 0 Å². The number of nitrogens with one attached hydrogen (secondary N) is 1. The van der Waals surface area contributed by atoms with Crippen molar-refractivity contribution in [1.82, 2.24) is 25.1 Å². The minimum atomic E-state index is -0.339. The monoisotopic (exact) mass is 477 g/mol. The lowest BCUT2D eigenvalue weighted by Crippen LogP contribution is -2.28. The molecule has 1 N–H and O–H groups in total. The lowest BCUT2D eigenvalue weighted by molar-refractivity contribution is -0.119. The molecule has 2 aromatic carbocycles. The van der Waals surface area contributed by atoms with Crippen molar-refractivity contribution in [3.05, 3.63) is 78.4 Å². The molecule has 0 fully saturated rings. The zero-order valence-electron chi connectivity index (χ0n) is 18.1. The van der Waals surface area contributed by atoms with E-state index < -0.39 is 0 Å². The van der Waals surface area contributed by atoms with E-state index in [0.29, 0.717) is 28.2 Å². The maximum Gasteiger partial charge on any atom is 0.231 e. The average Bonchev–Trinajstić information content (AvgIpc) is 3.50. The third-order valence-electron chi connectivity index (χ3n) is 5.26. The summed E-state index contributed by atoms with van der Waals surface area (Å²) in [5.74, 6) is 1.57. The van der Waals surface area contributed by atoms with Gasteiger partial charge in [-0.05, 0) is 61.0 Å². The van der Waals surface area contributed by atoms with E-state index in [4.69, 9.17) is 9.47 Å². The maximum atomic E-state index is 13.5. The van der Waals surface area contributed by atoms with Crippen LogP contribution in [0.3, 0.4) is 0 Å². The van der Waals surface area contributed by atoms with Crippen LogP contribution < -0.4 is 14.8 Å². The van der Waals surface area contributed by atoms with E-state index in [1.807, 2.05) is 37.3 Å². The number of rotatable bonds is 7. The summed E-state index contributed by atoms with van der Waals surface area (Å²) in [4.78, 5) is 16.7. The molecule has 0 radical (unpaired) electrons. The first kappa shape index (κ1) is 21.9. The summed E-state index contributed by atoms with van der Waals surface area (Å²) in [6, 6.07) is 15.1. The van der Waals surface area contributed by atoms with Gasteiger partial charge >= 0.3 is 0 Å². The summed E-state index contributed by atoms with van der Waals surface area (Å²) in [6.45, 7) is 2.11. The summed E-state index contributed by atoms with van der Waals surface area (Å²) in [6.07, 6.45) is 3.33. The molecule has 1 aliphatic rings. The molecule has 0 aliphatic carbocycles. The topological polar surface area (TPSA) is 91.2 Å².